The average molecular weight is 329 g/mol. The second-order valence-corrected chi connectivity index (χ2v) is 7.48. The minimum atomic E-state index is 0.218. The van der Waals surface area contributed by atoms with Crippen molar-refractivity contribution in [2.24, 2.45) is 5.92 Å². The summed E-state index contributed by atoms with van der Waals surface area (Å²) in [6.45, 7) is 12.6. The van der Waals surface area contributed by atoms with E-state index in [0.29, 0.717) is 18.0 Å². The quantitative estimate of drug-likeness (QED) is 0.853. The molecule has 1 aromatic rings. The van der Waals surface area contributed by atoms with E-state index in [1.807, 2.05) is 4.90 Å². The van der Waals surface area contributed by atoms with Crippen molar-refractivity contribution in [1.82, 2.24) is 14.7 Å². The van der Waals surface area contributed by atoms with Gasteiger partial charge in [-0.2, -0.15) is 0 Å². The molecule has 0 saturated carbocycles. The molecular weight excluding hydrogens is 298 g/mol. The van der Waals surface area contributed by atoms with Crippen LogP contribution in [0.3, 0.4) is 0 Å². The highest BCUT2D eigenvalue weighted by atomic mass is 16.2. The zero-order valence-electron chi connectivity index (χ0n) is 15.3. The Bertz CT molecular complexity index is 547. The molecule has 2 aliphatic rings. The molecule has 2 heterocycles. The van der Waals surface area contributed by atoms with E-state index < -0.39 is 0 Å². The third-order valence-corrected chi connectivity index (χ3v) is 5.88. The van der Waals surface area contributed by atoms with Crippen LogP contribution in [0.15, 0.2) is 30.3 Å². The molecule has 0 bridgehead atoms. The van der Waals surface area contributed by atoms with E-state index >= 15 is 0 Å². The molecule has 0 aliphatic carbocycles. The molecule has 2 aliphatic heterocycles. The number of carbonyl (C=O) groups excluding carboxylic acids is 1. The van der Waals surface area contributed by atoms with E-state index in [2.05, 4.69) is 54.0 Å². The fourth-order valence-corrected chi connectivity index (χ4v) is 4.30. The molecule has 1 aromatic carbocycles. The van der Waals surface area contributed by atoms with Gasteiger partial charge in [0.15, 0.2) is 0 Å². The third kappa shape index (κ3) is 3.81. The normalized spacial score (nSPS) is 27.9. The average Bonchev–Trinajstić information content (AvgIpc) is 2.82. The number of hydrogen-bond donors (Lipinski definition) is 0. The predicted molar refractivity (Wildman–Crippen MR) is 97.8 cm³/mol. The minimum Gasteiger partial charge on any atom is -0.342 e. The molecule has 24 heavy (non-hydrogen) atoms. The van der Waals surface area contributed by atoms with Crippen molar-refractivity contribution in [1.29, 1.82) is 0 Å². The second-order valence-electron chi connectivity index (χ2n) is 7.48. The van der Waals surface area contributed by atoms with Gasteiger partial charge in [-0.25, -0.2) is 0 Å². The first-order valence-electron chi connectivity index (χ1n) is 9.35. The van der Waals surface area contributed by atoms with Crippen LogP contribution in [-0.4, -0.2) is 65.9 Å². The summed E-state index contributed by atoms with van der Waals surface area (Å²) in [7, 11) is 0. The van der Waals surface area contributed by atoms with Gasteiger partial charge in [-0.15, -0.1) is 0 Å². The zero-order valence-corrected chi connectivity index (χ0v) is 15.3. The van der Waals surface area contributed by atoms with Crippen molar-refractivity contribution in [3.8, 4) is 0 Å². The Balaban J connectivity index is 1.62. The number of rotatable bonds is 3. The Kier molecular flexibility index (Phi) is 5.57. The van der Waals surface area contributed by atoms with E-state index in [-0.39, 0.29) is 5.91 Å². The maximum Gasteiger partial charge on any atom is 0.219 e. The fraction of sp³-hybridized carbons (Fsp3) is 0.650. The monoisotopic (exact) mass is 329 g/mol. The van der Waals surface area contributed by atoms with Gasteiger partial charge in [-0.1, -0.05) is 37.3 Å². The van der Waals surface area contributed by atoms with Crippen LogP contribution in [-0.2, 0) is 4.79 Å². The summed E-state index contributed by atoms with van der Waals surface area (Å²) in [6.07, 6.45) is 1.09. The number of hydrogen-bond acceptors (Lipinski definition) is 3. The van der Waals surface area contributed by atoms with Crippen molar-refractivity contribution in [3.63, 3.8) is 0 Å². The first-order valence-corrected chi connectivity index (χ1v) is 9.35. The molecular formula is C20H31N3O. The van der Waals surface area contributed by atoms with E-state index in [1.54, 1.807) is 6.92 Å². The van der Waals surface area contributed by atoms with Crippen LogP contribution in [0.25, 0.3) is 0 Å². The second kappa shape index (κ2) is 7.66. The lowest BCUT2D eigenvalue weighted by molar-refractivity contribution is -0.128. The Hall–Kier alpha value is -1.39. The number of benzene rings is 1. The zero-order chi connectivity index (χ0) is 17.1. The highest BCUT2D eigenvalue weighted by molar-refractivity contribution is 5.73. The van der Waals surface area contributed by atoms with Gasteiger partial charge in [-0.05, 0) is 24.8 Å². The van der Waals surface area contributed by atoms with Crippen LogP contribution in [0.2, 0.25) is 0 Å². The summed E-state index contributed by atoms with van der Waals surface area (Å²) >= 11 is 0. The van der Waals surface area contributed by atoms with Crippen LogP contribution in [0.1, 0.15) is 38.8 Å². The first-order chi connectivity index (χ1) is 11.6. The van der Waals surface area contributed by atoms with Crippen LogP contribution in [0, 0.1) is 5.92 Å². The highest BCUT2D eigenvalue weighted by Gasteiger charge is 2.36. The number of nitrogens with zero attached hydrogens (tertiary/aromatic N) is 3. The van der Waals surface area contributed by atoms with Crippen LogP contribution < -0.4 is 0 Å². The standard InChI is InChI=1S/C20H31N3O/c1-16-14-23(17(2)19-8-5-4-6-9-19)15-20(16)22-11-7-10-21(12-13-22)18(3)24/h4-6,8-9,16-17,20H,7,10-15H2,1-3H3/t16-,17+,20-/m1/s1. The van der Waals surface area contributed by atoms with Crippen molar-refractivity contribution >= 4 is 5.91 Å². The SMILES string of the molecule is CC(=O)N1CCCN([C@@H]2CN([C@@H](C)c3ccccc3)C[C@H]2C)CC1. The summed E-state index contributed by atoms with van der Waals surface area (Å²) < 4.78 is 0. The molecule has 4 heteroatoms. The number of likely N-dealkylation sites (tertiary alicyclic amines) is 1. The van der Waals surface area contributed by atoms with Gasteiger partial charge in [0.05, 0.1) is 0 Å². The molecule has 3 atom stereocenters. The maximum atomic E-state index is 11.6. The van der Waals surface area contributed by atoms with Crippen molar-refractivity contribution in [2.75, 3.05) is 39.3 Å². The number of carbonyl (C=O) groups is 1. The molecule has 0 radical (unpaired) electrons. The van der Waals surface area contributed by atoms with Gasteiger partial charge >= 0.3 is 0 Å². The molecule has 1 amide bonds. The summed E-state index contributed by atoms with van der Waals surface area (Å²) in [4.78, 5) is 18.9. The molecule has 0 aromatic heterocycles. The Morgan fingerprint density at radius 2 is 1.83 bits per heavy atom. The van der Waals surface area contributed by atoms with Gasteiger partial charge in [0.25, 0.3) is 0 Å². The van der Waals surface area contributed by atoms with E-state index in [9.17, 15) is 4.79 Å². The summed E-state index contributed by atoms with van der Waals surface area (Å²) in [5, 5.41) is 0. The molecule has 0 spiro atoms. The largest absolute Gasteiger partial charge is 0.342 e. The molecule has 4 nitrogen and oxygen atoms in total. The van der Waals surface area contributed by atoms with Crippen LogP contribution >= 0.6 is 0 Å². The third-order valence-electron chi connectivity index (χ3n) is 5.88. The van der Waals surface area contributed by atoms with Gasteiger partial charge in [0.1, 0.15) is 0 Å². The fourth-order valence-electron chi connectivity index (χ4n) is 4.30. The molecule has 0 N–H and O–H groups in total. The van der Waals surface area contributed by atoms with Crippen LogP contribution in [0.5, 0.6) is 0 Å². The summed E-state index contributed by atoms with van der Waals surface area (Å²) in [5.74, 6) is 0.899. The number of amides is 1. The lowest BCUT2D eigenvalue weighted by Crippen LogP contribution is -2.43. The first kappa shape index (κ1) is 17.4. The lowest BCUT2D eigenvalue weighted by atomic mass is 10.0. The summed E-state index contributed by atoms with van der Waals surface area (Å²) in [6, 6.07) is 11.9. The molecule has 0 unspecified atom stereocenters. The maximum absolute atomic E-state index is 11.6. The minimum absolute atomic E-state index is 0.218. The van der Waals surface area contributed by atoms with E-state index in [1.165, 1.54) is 5.56 Å². The molecule has 3 rings (SSSR count). The Morgan fingerprint density at radius 3 is 2.54 bits per heavy atom. The van der Waals surface area contributed by atoms with Gasteiger partial charge < -0.3 is 4.90 Å². The molecule has 2 fully saturated rings. The lowest BCUT2D eigenvalue weighted by Gasteiger charge is -2.31. The summed E-state index contributed by atoms with van der Waals surface area (Å²) in [5.41, 5.74) is 1.41. The van der Waals surface area contributed by atoms with E-state index in [4.69, 9.17) is 0 Å². The van der Waals surface area contributed by atoms with Gasteiger partial charge in [-0.3, -0.25) is 14.6 Å². The van der Waals surface area contributed by atoms with Crippen molar-refractivity contribution in [2.45, 2.75) is 39.3 Å². The smallest absolute Gasteiger partial charge is 0.219 e. The van der Waals surface area contributed by atoms with Crippen molar-refractivity contribution in [3.05, 3.63) is 35.9 Å². The van der Waals surface area contributed by atoms with E-state index in [0.717, 1.165) is 45.7 Å². The molecule has 132 valence electrons. The highest BCUT2D eigenvalue weighted by Crippen LogP contribution is 2.30. The van der Waals surface area contributed by atoms with Crippen molar-refractivity contribution < 1.29 is 4.79 Å². The topological polar surface area (TPSA) is 26.8 Å². The molecule has 2 saturated heterocycles. The Morgan fingerprint density at radius 1 is 1.08 bits per heavy atom. The Labute approximate surface area is 146 Å². The van der Waals surface area contributed by atoms with Gasteiger partial charge in [0.2, 0.25) is 5.91 Å². The van der Waals surface area contributed by atoms with Gasteiger partial charge in [0, 0.05) is 58.3 Å². The van der Waals surface area contributed by atoms with Crippen LogP contribution in [0.4, 0.5) is 0 Å². The predicted octanol–water partition coefficient (Wildman–Crippen LogP) is 2.62.